The fraction of sp³-hybridized carbons (Fsp3) is 0.667. The van der Waals surface area contributed by atoms with Crippen LogP contribution in [0, 0.1) is 0 Å². The average molecular weight is 170 g/mol. The first-order valence-electron chi connectivity index (χ1n) is 4.08. The van der Waals surface area contributed by atoms with Crippen LogP contribution in [-0.4, -0.2) is 30.6 Å². The third kappa shape index (κ3) is 2.66. The molecular weight excluding hydrogens is 152 g/mol. The summed E-state index contributed by atoms with van der Waals surface area (Å²) in [5.74, 6) is -0.131. The number of nitrogens with zero attached hydrogens (tertiary/aromatic N) is 1. The molecule has 0 saturated heterocycles. The Bertz CT molecular complexity index is 177. The van der Waals surface area contributed by atoms with Crippen LogP contribution in [0.3, 0.4) is 0 Å². The molecule has 3 heteroatoms. The van der Waals surface area contributed by atoms with Gasteiger partial charge in [0.25, 0.3) is 0 Å². The van der Waals surface area contributed by atoms with E-state index >= 15 is 0 Å². The molecule has 0 aromatic carbocycles. The minimum atomic E-state index is -0.273. The van der Waals surface area contributed by atoms with E-state index in [-0.39, 0.29) is 11.6 Å². The summed E-state index contributed by atoms with van der Waals surface area (Å²) in [4.78, 5) is 13.0. The monoisotopic (exact) mass is 170 g/mol. The highest BCUT2D eigenvalue weighted by Crippen LogP contribution is 2.11. The second-order valence-corrected chi connectivity index (χ2v) is 3.22. The summed E-state index contributed by atoms with van der Waals surface area (Å²) in [6.45, 7) is 7.42. The first-order valence-corrected chi connectivity index (χ1v) is 4.08. The number of amides is 1. The molecule has 0 aliphatic carbocycles. The molecular formula is C9H18N2O. The number of hydrogen-bond acceptors (Lipinski definition) is 2. The molecule has 0 aliphatic rings. The molecule has 0 radical (unpaired) electrons. The van der Waals surface area contributed by atoms with Gasteiger partial charge in [-0.15, -0.1) is 0 Å². The second-order valence-electron chi connectivity index (χ2n) is 3.22. The van der Waals surface area contributed by atoms with Crippen LogP contribution in [0.15, 0.2) is 12.7 Å². The maximum absolute atomic E-state index is 11.0. The molecule has 3 nitrogen and oxygen atoms in total. The third-order valence-electron chi connectivity index (χ3n) is 2.25. The molecule has 70 valence electrons. The fourth-order valence-corrected chi connectivity index (χ4v) is 0.833. The fourth-order valence-electron chi connectivity index (χ4n) is 0.833. The number of carbonyl (C=O) groups excluding carboxylic acids is 1. The summed E-state index contributed by atoms with van der Waals surface area (Å²) in [5.41, 5.74) is -0.273. The Morgan fingerprint density at radius 2 is 2.17 bits per heavy atom. The van der Waals surface area contributed by atoms with Gasteiger partial charge in [0, 0.05) is 0 Å². The molecule has 0 rings (SSSR count). The van der Waals surface area contributed by atoms with Gasteiger partial charge in [-0.1, -0.05) is 13.5 Å². The summed E-state index contributed by atoms with van der Waals surface area (Å²) in [6, 6.07) is 0. The molecule has 0 aromatic heterocycles. The van der Waals surface area contributed by atoms with E-state index in [1.807, 2.05) is 32.8 Å². The van der Waals surface area contributed by atoms with E-state index < -0.39 is 0 Å². The van der Waals surface area contributed by atoms with Crippen molar-refractivity contribution in [1.82, 2.24) is 10.2 Å². The smallest absolute Gasteiger partial charge is 0.244 e. The number of hydrogen-bond donors (Lipinski definition) is 1. The molecule has 0 bridgehead atoms. The van der Waals surface area contributed by atoms with Gasteiger partial charge in [-0.05, 0) is 33.5 Å². The lowest BCUT2D eigenvalue weighted by atomic mass is 10.1. The van der Waals surface area contributed by atoms with Gasteiger partial charge in [-0.3, -0.25) is 9.69 Å². The van der Waals surface area contributed by atoms with Gasteiger partial charge in [-0.2, -0.15) is 0 Å². The highest BCUT2D eigenvalue weighted by atomic mass is 16.1. The van der Waals surface area contributed by atoms with Gasteiger partial charge in [0.05, 0.1) is 5.66 Å². The normalized spacial score (nSPS) is 15.4. The number of carbonyl (C=O) groups is 1. The Morgan fingerprint density at radius 3 is 2.42 bits per heavy atom. The topological polar surface area (TPSA) is 32.3 Å². The van der Waals surface area contributed by atoms with Crippen molar-refractivity contribution >= 4 is 5.91 Å². The standard InChI is InChI=1S/C9H18N2O/c1-6-8(12)10-9(3,7-2)11(4)5/h6H,1,7H2,2-5H3,(H,10,12). The van der Waals surface area contributed by atoms with Crippen LogP contribution in [-0.2, 0) is 4.79 Å². The van der Waals surface area contributed by atoms with Gasteiger partial charge in [0.2, 0.25) is 5.91 Å². The van der Waals surface area contributed by atoms with Crippen LogP contribution in [0.2, 0.25) is 0 Å². The predicted molar refractivity (Wildman–Crippen MR) is 50.7 cm³/mol. The largest absolute Gasteiger partial charge is 0.335 e. The van der Waals surface area contributed by atoms with E-state index in [1.165, 1.54) is 6.08 Å². The lowest BCUT2D eigenvalue weighted by Gasteiger charge is -2.36. The van der Waals surface area contributed by atoms with Crippen molar-refractivity contribution in [3.05, 3.63) is 12.7 Å². The predicted octanol–water partition coefficient (Wildman–Crippen LogP) is 0.976. The van der Waals surface area contributed by atoms with Crippen molar-refractivity contribution in [2.75, 3.05) is 14.1 Å². The van der Waals surface area contributed by atoms with Gasteiger partial charge in [-0.25, -0.2) is 0 Å². The molecule has 0 spiro atoms. The summed E-state index contributed by atoms with van der Waals surface area (Å²) >= 11 is 0. The minimum Gasteiger partial charge on any atom is -0.335 e. The maximum atomic E-state index is 11.0. The molecule has 0 aliphatic heterocycles. The molecule has 1 amide bonds. The van der Waals surface area contributed by atoms with Crippen molar-refractivity contribution < 1.29 is 4.79 Å². The quantitative estimate of drug-likeness (QED) is 0.504. The zero-order chi connectivity index (χ0) is 9.78. The average Bonchev–Trinajstić information content (AvgIpc) is 2.03. The highest BCUT2D eigenvalue weighted by Gasteiger charge is 2.25. The lowest BCUT2D eigenvalue weighted by molar-refractivity contribution is -0.120. The molecule has 1 atom stereocenters. The second kappa shape index (κ2) is 4.26. The summed E-state index contributed by atoms with van der Waals surface area (Å²) in [5, 5.41) is 2.86. The zero-order valence-corrected chi connectivity index (χ0v) is 8.35. The highest BCUT2D eigenvalue weighted by molar-refractivity contribution is 5.87. The maximum Gasteiger partial charge on any atom is 0.244 e. The SMILES string of the molecule is C=CC(=O)NC(C)(CC)N(C)C. The van der Waals surface area contributed by atoms with Gasteiger partial charge in [0.1, 0.15) is 0 Å². The number of nitrogens with one attached hydrogen (secondary N) is 1. The lowest BCUT2D eigenvalue weighted by Crippen LogP contribution is -2.54. The van der Waals surface area contributed by atoms with Gasteiger partial charge in [0.15, 0.2) is 0 Å². The first-order chi connectivity index (χ1) is 5.46. The van der Waals surface area contributed by atoms with E-state index in [4.69, 9.17) is 0 Å². The van der Waals surface area contributed by atoms with Crippen LogP contribution in [0.4, 0.5) is 0 Å². The summed E-state index contributed by atoms with van der Waals surface area (Å²) in [7, 11) is 3.87. The van der Waals surface area contributed by atoms with Gasteiger partial charge < -0.3 is 5.32 Å². The Kier molecular flexibility index (Phi) is 3.96. The Balaban J connectivity index is 4.33. The Morgan fingerprint density at radius 1 is 1.67 bits per heavy atom. The van der Waals surface area contributed by atoms with Crippen molar-refractivity contribution in [2.24, 2.45) is 0 Å². The van der Waals surface area contributed by atoms with Crippen LogP contribution in [0.25, 0.3) is 0 Å². The minimum absolute atomic E-state index is 0.131. The van der Waals surface area contributed by atoms with Crippen molar-refractivity contribution in [3.63, 3.8) is 0 Å². The molecule has 0 saturated carbocycles. The van der Waals surface area contributed by atoms with E-state index in [0.717, 1.165) is 6.42 Å². The molecule has 0 fully saturated rings. The zero-order valence-electron chi connectivity index (χ0n) is 8.35. The third-order valence-corrected chi connectivity index (χ3v) is 2.25. The molecule has 0 aromatic rings. The molecule has 1 N–H and O–H groups in total. The number of rotatable bonds is 4. The van der Waals surface area contributed by atoms with E-state index in [2.05, 4.69) is 11.9 Å². The van der Waals surface area contributed by atoms with Crippen molar-refractivity contribution in [2.45, 2.75) is 25.9 Å². The summed E-state index contributed by atoms with van der Waals surface area (Å²) in [6.07, 6.45) is 2.15. The van der Waals surface area contributed by atoms with Crippen LogP contribution in [0.5, 0.6) is 0 Å². The van der Waals surface area contributed by atoms with Crippen LogP contribution < -0.4 is 5.32 Å². The van der Waals surface area contributed by atoms with Gasteiger partial charge >= 0.3 is 0 Å². The molecule has 1 unspecified atom stereocenters. The van der Waals surface area contributed by atoms with Crippen LogP contribution >= 0.6 is 0 Å². The molecule has 0 heterocycles. The van der Waals surface area contributed by atoms with E-state index in [1.54, 1.807) is 0 Å². The summed E-state index contributed by atoms with van der Waals surface area (Å²) < 4.78 is 0. The molecule has 12 heavy (non-hydrogen) atoms. The van der Waals surface area contributed by atoms with E-state index in [0.29, 0.717) is 0 Å². The Hall–Kier alpha value is -0.830. The Labute approximate surface area is 74.4 Å². The van der Waals surface area contributed by atoms with Crippen LogP contribution in [0.1, 0.15) is 20.3 Å². The van der Waals surface area contributed by atoms with E-state index in [9.17, 15) is 4.79 Å². The first kappa shape index (κ1) is 11.2. The van der Waals surface area contributed by atoms with Crippen molar-refractivity contribution in [3.8, 4) is 0 Å². The van der Waals surface area contributed by atoms with Crippen molar-refractivity contribution in [1.29, 1.82) is 0 Å².